The van der Waals surface area contributed by atoms with Crippen molar-refractivity contribution >= 4 is 5.97 Å². The van der Waals surface area contributed by atoms with Crippen LogP contribution in [0.3, 0.4) is 0 Å². The molecule has 4 nitrogen and oxygen atoms in total. The Morgan fingerprint density at radius 1 is 1.06 bits per heavy atom. The third-order valence-corrected chi connectivity index (χ3v) is 3.11. The molecule has 1 N–H and O–H groups in total. The standard InChI is InChI=1S/C14H30N2O2/c1-5-15(6-2)9-7-10-16(12-13(3)4)11-8-14(17)18/h13H,5-12H2,1-4H3,(H,17,18). The molecule has 0 bridgehead atoms. The molecular weight excluding hydrogens is 228 g/mol. The lowest BCUT2D eigenvalue weighted by atomic mass is 10.2. The number of nitrogens with zero attached hydrogens (tertiary/aromatic N) is 2. The Morgan fingerprint density at radius 2 is 1.61 bits per heavy atom. The second kappa shape index (κ2) is 10.3. The predicted octanol–water partition coefficient (Wildman–Crippen LogP) is 2.15. The number of carbonyl (C=O) groups is 1. The molecule has 0 atom stereocenters. The first-order valence-electron chi connectivity index (χ1n) is 7.16. The topological polar surface area (TPSA) is 43.8 Å². The number of carboxylic acids is 1. The molecule has 0 amide bonds. The third kappa shape index (κ3) is 9.42. The Kier molecular flexibility index (Phi) is 9.98. The smallest absolute Gasteiger partial charge is 0.304 e. The minimum Gasteiger partial charge on any atom is -0.481 e. The molecule has 0 spiro atoms. The normalized spacial score (nSPS) is 11.7. The van der Waals surface area contributed by atoms with Crippen LogP contribution in [0.4, 0.5) is 0 Å². The molecule has 0 fully saturated rings. The zero-order chi connectivity index (χ0) is 14.0. The first kappa shape index (κ1) is 17.4. The van der Waals surface area contributed by atoms with E-state index in [0.717, 1.165) is 39.1 Å². The highest BCUT2D eigenvalue weighted by atomic mass is 16.4. The molecule has 0 radical (unpaired) electrons. The van der Waals surface area contributed by atoms with E-state index in [1.807, 2.05) is 0 Å². The Labute approximate surface area is 112 Å². The fourth-order valence-electron chi connectivity index (χ4n) is 2.12. The first-order chi connectivity index (χ1) is 8.49. The Morgan fingerprint density at radius 3 is 2.06 bits per heavy atom. The van der Waals surface area contributed by atoms with Gasteiger partial charge in [0.05, 0.1) is 6.42 Å². The van der Waals surface area contributed by atoms with Gasteiger partial charge in [0, 0.05) is 13.1 Å². The van der Waals surface area contributed by atoms with Crippen LogP contribution in [0, 0.1) is 5.92 Å². The van der Waals surface area contributed by atoms with Gasteiger partial charge < -0.3 is 14.9 Å². The molecule has 0 aliphatic heterocycles. The maximum atomic E-state index is 10.6. The van der Waals surface area contributed by atoms with E-state index in [2.05, 4.69) is 37.5 Å². The van der Waals surface area contributed by atoms with Crippen LogP contribution in [0.1, 0.15) is 40.5 Å². The Bertz CT molecular complexity index is 216. The summed E-state index contributed by atoms with van der Waals surface area (Å²) in [5.74, 6) is -0.111. The lowest BCUT2D eigenvalue weighted by Gasteiger charge is -2.25. The van der Waals surface area contributed by atoms with Crippen LogP contribution < -0.4 is 0 Å². The lowest BCUT2D eigenvalue weighted by molar-refractivity contribution is -0.137. The fraction of sp³-hybridized carbons (Fsp3) is 0.929. The molecule has 0 saturated heterocycles. The van der Waals surface area contributed by atoms with E-state index in [0.29, 0.717) is 12.5 Å². The average Bonchev–Trinajstić information content (AvgIpc) is 2.30. The van der Waals surface area contributed by atoms with E-state index in [-0.39, 0.29) is 6.42 Å². The van der Waals surface area contributed by atoms with Crippen LogP contribution in [0.2, 0.25) is 0 Å². The maximum absolute atomic E-state index is 10.6. The summed E-state index contributed by atoms with van der Waals surface area (Å²) >= 11 is 0. The van der Waals surface area contributed by atoms with Gasteiger partial charge in [-0.25, -0.2) is 0 Å². The van der Waals surface area contributed by atoms with Crippen LogP contribution in [-0.2, 0) is 4.79 Å². The number of rotatable bonds is 11. The number of carboxylic acid groups (broad SMARTS) is 1. The average molecular weight is 258 g/mol. The number of hydrogen-bond donors (Lipinski definition) is 1. The van der Waals surface area contributed by atoms with Crippen molar-refractivity contribution in [3.05, 3.63) is 0 Å². The van der Waals surface area contributed by atoms with Gasteiger partial charge in [0.1, 0.15) is 0 Å². The molecule has 0 aliphatic rings. The number of aliphatic carboxylic acids is 1. The van der Waals surface area contributed by atoms with Gasteiger partial charge in [-0.3, -0.25) is 4.79 Å². The zero-order valence-electron chi connectivity index (χ0n) is 12.5. The lowest BCUT2D eigenvalue weighted by Crippen LogP contribution is -2.33. The molecule has 0 aromatic carbocycles. The third-order valence-electron chi connectivity index (χ3n) is 3.11. The molecule has 108 valence electrons. The molecule has 4 heteroatoms. The minimum atomic E-state index is -0.701. The van der Waals surface area contributed by atoms with Crippen molar-refractivity contribution in [3.8, 4) is 0 Å². The maximum Gasteiger partial charge on any atom is 0.304 e. The summed E-state index contributed by atoms with van der Waals surface area (Å²) in [5.41, 5.74) is 0. The highest BCUT2D eigenvalue weighted by Gasteiger charge is 2.09. The van der Waals surface area contributed by atoms with E-state index in [1.165, 1.54) is 0 Å². The van der Waals surface area contributed by atoms with E-state index in [4.69, 9.17) is 5.11 Å². The van der Waals surface area contributed by atoms with Crippen molar-refractivity contribution in [3.63, 3.8) is 0 Å². The van der Waals surface area contributed by atoms with Crippen molar-refractivity contribution in [2.24, 2.45) is 5.92 Å². The molecule has 0 aromatic rings. The van der Waals surface area contributed by atoms with Crippen molar-refractivity contribution in [2.75, 3.05) is 39.3 Å². The van der Waals surface area contributed by atoms with E-state index in [9.17, 15) is 4.79 Å². The molecule has 0 aromatic heterocycles. The van der Waals surface area contributed by atoms with Crippen molar-refractivity contribution < 1.29 is 9.90 Å². The van der Waals surface area contributed by atoms with Crippen LogP contribution in [-0.4, -0.2) is 60.1 Å². The molecular formula is C14H30N2O2. The van der Waals surface area contributed by atoms with Crippen molar-refractivity contribution in [2.45, 2.75) is 40.5 Å². The highest BCUT2D eigenvalue weighted by molar-refractivity contribution is 5.66. The van der Waals surface area contributed by atoms with E-state index >= 15 is 0 Å². The second-order valence-corrected chi connectivity index (χ2v) is 5.22. The summed E-state index contributed by atoms with van der Waals surface area (Å²) in [6.07, 6.45) is 1.37. The molecule has 18 heavy (non-hydrogen) atoms. The summed E-state index contributed by atoms with van der Waals surface area (Å²) < 4.78 is 0. The summed E-state index contributed by atoms with van der Waals surface area (Å²) in [6.45, 7) is 14.7. The fourth-order valence-corrected chi connectivity index (χ4v) is 2.12. The van der Waals surface area contributed by atoms with Gasteiger partial charge in [0.25, 0.3) is 0 Å². The van der Waals surface area contributed by atoms with Gasteiger partial charge in [0.15, 0.2) is 0 Å². The quantitative estimate of drug-likeness (QED) is 0.617. The largest absolute Gasteiger partial charge is 0.481 e. The van der Waals surface area contributed by atoms with Gasteiger partial charge in [-0.1, -0.05) is 27.7 Å². The van der Waals surface area contributed by atoms with Crippen LogP contribution >= 0.6 is 0 Å². The SMILES string of the molecule is CCN(CC)CCCN(CCC(=O)O)CC(C)C. The van der Waals surface area contributed by atoms with Crippen LogP contribution in [0.25, 0.3) is 0 Å². The summed E-state index contributed by atoms with van der Waals surface area (Å²) in [4.78, 5) is 15.3. The monoisotopic (exact) mass is 258 g/mol. The van der Waals surface area contributed by atoms with Crippen molar-refractivity contribution in [1.82, 2.24) is 9.80 Å². The molecule has 0 unspecified atom stereocenters. The Balaban J connectivity index is 3.95. The summed E-state index contributed by atoms with van der Waals surface area (Å²) in [6, 6.07) is 0. The van der Waals surface area contributed by atoms with Gasteiger partial charge in [0.2, 0.25) is 0 Å². The molecule has 0 aliphatic carbocycles. The van der Waals surface area contributed by atoms with Crippen LogP contribution in [0.15, 0.2) is 0 Å². The first-order valence-corrected chi connectivity index (χ1v) is 7.16. The minimum absolute atomic E-state index is 0.248. The van der Waals surface area contributed by atoms with Gasteiger partial charge in [-0.15, -0.1) is 0 Å². The highest BCUT2D eigenvalue weighted by Crippen LogP contribution is 2.02. The zero-order valence-corrected chi connectivity index (χ0v) is 12.5. The molecule has 0 saturated carbocycles. The number of hydrogen-bond acceptors (Lipinski definition) is 3. The summed E-state index contributed by atoms with van der Waals surface area (Å²) in [5, 5.41) is 8.75. The van der Waals surface area contributed by atoms with Gasteiger partial charge >= 0.3 is 5.97 Å². The molecule has 0 rings (SSSR count). The van der Waals surface area contributed by atoms with Crippen LogP contribution in [0.5, 0.6) is 0 Å². The van der Waals surface area contributed by atoms with Gasteiger partial charge in [-0.2, -0.15) is 0 Å². The van der Waals surface area contributed by atoms with Gasteiger partial charge in [-0.05, 0) is 38.5 Å². The molecule has 0 heterocycles. The Hall–Kier alpha value is -0.610. The van der Waals surface area contributed by atoms with E-state index < -0.39 is 5.97 Å². The van der Waals surface area contributed by atoms with Crippen molar-refractivity contribution in [1.29, 1.82) is 0 Å². The van der Waals surface area contributed by atoms with E-state index in [1.54, 1.807) is 0 Å². The second-order valence-electron chi connectivity index (χ2n) is 5.22. The predicted molar refractivity (Wildman–Crippen MR) is 75.9 cm³/mol. The summed E-state index contributed by atoms with van der Waals surface area (Å²) in [7, 11) is 0.